The van der Waals surface area contributed by atoms with E-state index in [9.17, 15) is 22.4 Å². The lowest BCUT2D eigenvalue weighted by atomic mass is 10.0. The number of carbonyl (C=O) groups excluding carboxylic acids is 1. The van der Waals surface area contributed by atoms with Gasteiger partial charge in [-0.2, -0.15) is 8.78 Å². The summed E-state index contributed by atoms with van der Waals surface area (Å²) in [6.07, 6.45) is -0.505. The SMILES string of the molecule is C=CCOc1ccc(C(=O)Oc2ccc3c(F)c(C=C(F)F)c(F)cc3c2)cc1. The Morgan fingerprint density at radius 3 is 2.34 bits per heavy atom. The van der Waals surface area contributed by atoms with Crippen LogP contribution in [0.4, 0.5) is 17.6 Å². The normalized spacial score (nSPS) is 10.5. The van der Waals surface area contributed by atoms with Crippen LogP contribution in [0, 0.1) is 11.6 Å². The van der Waals surface area contributed by atoms with Gasteiger partial charge in [0, 0.05) is 11.5 Å². The van der Waals surface area contributed by atoms with Crippen molar-refractivity contribution >= 4 is 22.8 Å². The van der Waals surface area contributed by atoms with Crippen molar-refractivity contribution in [1.29, 1.82) is 0 Å². The molecule has 3 nitrogen and oxygen atoms in total. The van der Waals surface area contributed by atoms with Gasteiger partial charge >= 0.3 is 5.97 Å². The minimum absolute atomic E-state index is 0.0493. The number of carbonyl (C=O) groups is 1. The van der Waals surface area contributed by atoms with Crippen LogP contribution in [0.15, 0.2) is 67.3 Å². The van der Waals surface area contributed by atoms with Gasteiger partial charge in [-0.05, 0) is 53.9 Å². The van der Waals surface area contributed by atoms with E-state index >= 15 is 0 Å². The van der Waals surface area contributed by atoms with Crippen molar-refractivity contribution in [3.05, 3.63) is 90.0 Å². The molecule has 0 N–H and O–H groups in total. The predicted molar refractivity (Wildman–Crippen MR) is 101 cm³/mol. The summed E-state index contributed by atoms with van der Waals surface area (Å²) in [5.41, 5.74) is -0.590. The number of hydrogen-bond donors (Lipinski definition) is 0. The van der Waals surface area contributed by atoms with Gasteiger partial charge in [-0.25, -0.2) is 13.6 Å². The molecule has 0 saturated heterocycles. The van der Waals surface area contributed by atoms with E-state index < -0.39 is 29.2 Å². The molecule has 0 heterocycles. The fourth-order valence-electron chi connectivity index (χ4n) is 2.64. The van der Waals surface area contributed by atoms with Gasteiger partial charge in [-0.1, -0.05) is 12.7 Å². The van der Waals surface area contributed by atoms with Gasteiger partial charge in [0.2, 0.25) is 0 Å². The molecule has 0 aliphatic heterocycles. The highest BCUT2D eigenvalue weighted by Gasteiger charge is 2.15. The number of hydrogen-bond acceptors (Lipinski definition) is 3. The third-order valence-electron chi connectivity index (χ3n) is 3.96. The Bertz CT molecular complexity index is 1100. The van der Waals surface area contributed by atoms with E-state index in [1.54, 1.807) is 18.2 Å². The summed E-state index contributed by atoms with van der Waals surface area (Å²) < 4.78 is 63.7. The molecular weight excluding hydrogens is 388 g/mol. The molecular formula is C22H14F4O3. The maximum atomic E-state index is 14.3. The molecule has 148 valence electrons. The number of fused-ring (bicyclic) bond motifs is 1. The van der Waals surface area contributed by atoms with Crippen molar-refractivity contribution in [3.8, 4) is 11.5 Å². The number of esters is 1. The summed E-state index contributed by atoms with van der Waals surface area (Å²) in [6.45, 7) is 3.86. The molecule has 0 unspecified atom stereocenters. The van der Waals surface area contributed by atoms with Gasteiger partial charge in [-0.3, -0.25) is 0 Å². The fraction of sp³-hybridized carbons (Fsp3) is 0.0455. The van der Waals surface area contributed by atoms with E-state index in [1.165, 1.54) is 30.3 Å². The highest BCUT2D eigenvalue weighted by molar-refractivity contribution is 5.92. The Labute approximate surface area is 163 Å². The standard InChI is InChI=1S/C22H14F4O3/c1-2-9-28-15-5-3-13(4-6-15)22(27)29-16-7-8-17-14(10-16)11-19(23)18(21(17)26)12-20(24)25/h2-8,10-12H,1,9H2. The average Bonchev–Trinajstić information content (AvgIpc) is 2.69. The van der Waals surface area contributed by atoms with Crippen LogP contribution in [0.1, 0.15) is 15.9 Å². The second-order valence-electron chi connectivity index (χ2n) is 5.92. The highest BCUT2D eigenvalue weighted by Crippen LogP contribution is 2.29. The lowest BCUT2D eigenvalue weighted by Gasteiger charge is -2.09. The third-order valence-corrected chi connectivity index (χ3v) is 3.96. The molecule has 0 aromatic heterocycles. The maximum Gasteiger partial charge on any atom is 0.343 e. The third kappa shape index (κ3) is 4.63. The largest absolute Gasteiger partial charge is 0.490 e. The number of ether oxygens (including phenoxy) is 2. The molecule has 0 amide bonds. The molecule has 29 heavy (non-hydrogen) atoms. The summed E-state index contributed by atoms with van der Waals surface area (Å²) in [5, 5.41) is -0.0164. The Morgan fingerprint density at radius 1 is 1.00 bits per heavy atom. The van der Waals surface area contributed by atoms with Gasteiger partial charge in [0.05, 0.1) is 11.1 Å². The van der Waals surface area contributed by atoms with Crippen LogP contribution < -0.4 is 9.47 Å². The van der Waals surface area contributed by atoms with E-state index in [2.05, 4.69) is 6.58 Å². The van der Waals surface area contributed by atoms with Crippen LogP contribution in [-0.2, 0) is 0 Å². The Kier molecular flexibility index (Phi) is 5.97. The van der Waals surface area contributed by atoms with Crippen LogP contribution in [0.2, 0.25) is 0 Å². The van der Waals surface area contributed by atoms with Crippen LogP contribution in [0.3, 0.4) is 0 Å². The molecule has 0 aliphatic rings. The first-order chi connectivity index (χ1) is 13.9. The van der Waals surface area contributed by atoms with E-state index in [0.717, 1.165) is 6.07 Å². The Hall–Kier alpha value is -3.61. The van der Waals surface area contributed by atoms with Crippen molar-refractivity contribution in [2.75, 3.05) is 6.61 Å². The van der Waals surface area contributed by atoms with E-state index in [4.69, 9.17) is 9.47 Å². The molecule has 3 aromatic rings. The van der Waals surface area contributed by atoms with Crippen molar-refractivity contribution in [3.63, 3.8) is 0 Å². The molecule has 0 fully saturated rings. The summed E-state index contributed by atoms with van der Waals surface area (Å²) in [4.78, 5) is 12.3. The van der Waals surface area contributed by atoms with Crippen LogP contribution in [0.5, 0.6) is 11.5 Å². The van der Waals surface area contributed by atoms with Crippen molar-refractivity contribution in [1.82, 2.24) is 0 Å². The number of rotatable bonds is 6. The number of benzene rings is 3. The molecule has 0 aliphatic carbocycles. The fourth-order valence-corrected chi connectivity index (χ4v) is 2.64. The summed E-state index contributed by atoms with van der Waals surface area (Å²) >= 11 is 0. The molecule has 3 aromatic carbocycles. The minimum Gasteiger partial charge on any atom is -0.490 e. The first-order valence-electron chi connectivity index (χ1n) is 8.39. The zero-order chi connectivity index (χ0) is 21.0. The molecule has 0 radical (unpaired) electrons. The van der Waals surface area contributed by atoms with E-state index in [-0.39, 0.29) is 28.2 Å². The quantitative estimate of drug-likeness (QED) is 0.215. The minimum atomic E-state index is -2.21. The van der Waals surface area contributed by atoms with E-state index in [0.29, 0.717) is 12.4 Å². The zero-order valence-electron chi connectivity index (χ0n) is 14.9. The van der Waals surface area contributed by atoms with Crippen molar-refractivity contribution in [2.24, 2.45) is 0 Å². The van der Waals surface area contributed by atoms with Gasteiger partial charge in [0.15, 0.2) is 0 Å². The van der Waals surface area contributed by atoms with Gasteiger partial charge in [0.1, 0.15) is 29.7 Å². The highest BCUT2D eigenvalue weighted by atomic mass is 19.3. The van der Waals surface area contributed by atoms with E-state index in [1.807, 2.05) is 0 Å². The van der Waals surface area contributed by atoms with Crippen LogP contribution >= 0.6 is 0 Å². The summed E-state index contributed by atoms with van der Waals surface area (Å²) in [5.74, 6) is -2.36. The molecule has 0 spiro atoms. The van der Waals surface area contributed by atoms with Crippen LogP contribution in [0.25, 0.3) is 16.8 Å². The van der Waals surface area contributed by atoms with Gasteiger partial charge < -0.3 is 9.47 Å². The monoisotopic (exact) mass is 402 g/mol. The molecule has 0 atom stereocenters. The van der Waals surface area contributed by atoms with Crippen LogP contribution in [-0.4, -0.2) is 12.6 Å². The number of halogens is 4. The zero-order valence-corrected chi connectivity index (χ0v) is 14.9. The molecule has 7 heteroatoms. The Morgan fingerprint density at radius 2 is 1.69 bits per heavy atom. The second-order valence-corrected chi connectivity index (χ2v) is 5.92. The second kappa shape index (κ2) is 8.60. The van der Waals surface area contributed by atoms with Crippen molar-refractivity contribution in [2.45, 2.75) is 0 Å². The Balaban J connectivity index is 1.84. The molecule has 3 rings (SSSR count). The first kappa shape index (κ1) is 20.1. The lowest BCUT2D eigenvalue weighted by Crippen LogP contribution is -2.08. The molecule has 0 bridgehead atoms. The smallest absolute Gasteiger partial charge is 0.343 e. The lowest BCUT2D eigenvalue weighted by molar-refractivity contribution is 0.0735. The maximum absolute atomic E-state index is 14.3. The predicted octanol–water partition coefficient (Wildman–Crippen LogP) is 6.14. The average molecular weight is 402 g/mol. The molecule has 0 saturated carbocycles. The summed E-state index contributed by atoms with van der Waals surface area (Å²) in [6, 6.07) is 10.9. The van der Waals surface area contributed by atoms with Gasteiger partial charge in [-0.15, -0.1) is 0 Å². The van der Waals surface area contributed by atoms with Gasteiger partial charge in [0.25, 0.3) is 6.08 Å². The topological polar surface area (TPSA) is 35.5 Å². The van der Waals surface area contributed by atoms with Crippen molar-refractivity contribution < 1.29 is 31.8 Å². The first-order valence-corrected chi connectivity index (χ1v) is 8.39. The summed E-state index contributed by atoms with van der Waals surface area (Å²) in [7, 11) is 0.